The van der Waals surface area contributed by atoms with Gasteiger partial charge in [-0.3, -0.25) is 4.79 Å². The summed E-state index contributed by atoms with van der Waals surface area (Å²) >= 11 is 0. The fraction of sp³-hybridized carbons (Fsp3) is 0.933. The quantitative estimate of drug-likeness (QED) is 0.693. The molecule has 2 rings (SSSR count). The van der Waals surface area contributed by atoms with Crippen molar-refractivity contribution in [2.45, 2.75) is 64.0 Å². The first-order valence-electron chi connectivity index (χ1n) is 7.92. The van der Waals surface area contributed by atoms with Crippen molar-refractivity contribution >= 4 is 5.91 Å². The van der Waals surface area contributed by atoms with Crippen molar-refractivity contribution in [2.75, 3.05) is 19.8 Å². The summed E-state index contributed by atoms with van der Waals surface area (Å²) in [4.78, 5) is 12.1. The molecule has 0 spiro atoms. The molecule has 4 nitrogen and oxygen atoms in total. The molecule has 110 valence electrons. The van der Waals surface area contributed by atoms with Crippen molar-refractivity contribution in [2.24, 2.45) is 5.92 Å². The molecular weight excluding hydrogens is 240 g/mol. The first kappa shape index (κ1) is 14.8. The predicted octanol–water partition coefficient (Wildman–Crippen LogP) is 1.84. The summed E-state index contributed by atoms with van der Waals surface area (Å²) in [7, 11) is 0. The number of amides is 1. The molecule has 19 heavy (non-hydrogen) atoms. The SMILES string of the molecule is CCOCCCCNC(=O)C1CC2CCCCC2N1. The van der Waals surface area contributed by atoms with E-state index in [2.05, 4.69) is 10.6 Å². The smallest absolute Gasteiger partial charge is 0.237 e. The van der Waals surface area contributed by atoms with Crippen LogP contribution in [0.15, 0.2) is 0 Å². The maximum Gasteiger partial charge on any atom is 0.237 e. The highest BCUT2D eigenvalue weighted by molar-refractivity contribution is 5.82. The number of hydrogen-bond donors (Lipinski definition) is 2. The summed E-state index contributed by atoms with van der Waals surface area (Å²) in [5, 5.41) is 6.57. The Morgan fingerprint density at radius 3 is 2.95 bits per heavy atom. The van der Waals surface area contributed by atoms with E-state index in [1.54, 1.807) is 0 Å². The van der Waals surface area contributed by atoms with Gasteiger partial charge < -0.3 is 15.4 Å². The van der Waals surface area contributed by atoms with Gasteiger partial charge in [0.1, 0.15) is 0 Å². The average Bonchev–Trinajstić information content (AvgIpc) is 2.86. The first-order valence-corrected chi connectivity index (χ1v) is 7.92. The Morgan fingerprint density at radius 2 is 2.16 bits per heavy atom. The first-order chi connectivity index (χ1) is 9.31. The third-order valence-electron chi connectivity index (χ3n) is 4.40. The molecule has 1 heterocycles. The van der Waals surface area contributed by atoms with E-state index in [0.717, 1.165) is 44.9 Å². The van der Waals surface area contributed by atoms with E-state index in [9.17, 15) is 4.79 Å². The molecule has 1 saturated heterocycles. The monoisotopic (exact) mass is 268 g/mol. The van der Waals surface area contributed by atoms with Gasteiger partial charge in [0.05, 0.1) is 6.04 Å². The van der Waals surface area contributed by atoms with Crippen LogP contribution in [0.5, 0.6) is 0 Å². The van der Waals surface area contributed by atoms with Gasteiger partial charge in [-0.05, 0) is 44.9 Å². The summed E-state index contributed by atoms with van der Waals surface area (Å²) in [6.07, 6.45) is 8.28. The summed E-state index contributed by atoms with van der Waals surface area (Å²) in [5.74, 6) is 0.938. The number of nitrogens with one attached hydrogen (secondary N) is 2. The van der Waals surface area contributed by atoms with Crippen LogP contribution >= 0.6 is 0 Å². The fourth-order valence-corrected chi connectivity index (χ4v) is 3.33. The average molecular weight is 268 g/mol. The van der Waals surface area contributed by atoms with Crippen LogP contribution in [0.3, 0.4) is 0 Å². The van der Waals surface area contributed by atoms with Gasteiger partial charge in [-0.15, -0.1) is 0 Å². The minimum Gasteiger partial charge on any atom is -0.382 e. The van der Waals surface area contributed by atoms with Gasteiger partial charge in [0.15, 0.2) is 0 Å². The van der Waals surface area contributed by atoms with E-state index < -0.39 is 0 Å². The van der Waals surface area contributed by atoms with Crippen LogP contribution in [0.4, 0.5) is 0 Å². The lowest BCUT2D eigenvalue weighted by atomic mass is 9.85. The normalized spacial score (nSPS) is 30.1. The second-order valence-electron chi connectivity index (χ2n) is 5.80. The van der Waals surface area contributed by atoms with Crippen LogP contribution in [0.2, 0.25) is 0 Å². The van der Waals surface area contributed by atoms with Crippen molar-refractivity contribution < 1.29 is 9.53 Å². The molecular formula is C15H28N2O2. The molecule has 2 fully saturated rings. The van der Waals surface area contributed by atoms with Crippen LogP contribution in [0, 0.1) is 5.92 Å². The molecule has 0 radical (unpaired) electrons. The number of fused-ring (bicyclic) bond motifs is 1. The van der Waals surface area contributed by atoms with Gasteiger partial charge in [-0.1, -0.05) is 12.8 Å². The van der Waals surface area contributed by atoms with Gasteiger partial charge in [0.25, 0.3) is 0 Å². The molecule has 1 saturated carbocycles. The van der Waals surface area contributed by atoms with Crippen LogP contribution < -0.4 is 10.6 Å². The molecule has 0 aromatic rings. The van der Waals surface area contributed by atoms with Crippen molar-refractivity contribution in [3.05, 3.63) is 0 Å². The van der Waals surface area contributed by atoms with Crippen molar-refractivity contribution in [3.63, 3.8) is 0 Å². The van der Waals surface area contributed by atoms with Gasteiger partial charge in [-0.25, -0.2) is 0 Å². The van der Waals surface area contributed by atoms with E-state index in [1.165, 1.54) is 25.7 Å². The molecule has 1 aliphatic heterocycles. The molecule has 3 unspecified atom stereocenters. The maximum absolute atomic E-state index is 12.1. The van der Waals surface area contributed by atoms with E-state index in [-0.39, 0.29) is 11.9 Å². The zero-order valence-corrected chi connectivity index (χ0v) is 12.1. The lowest BCUT2D eigenvalue weighted by molar-refractivity contribution is -0.122. The number of ether oxygens (including phenoxy) is 1. The van der Waals surface area contributed by atoms with Crippen LogP contribution in [0.25, 0.3) is 0 Å². The number of unbranched alkanes of at least 4 members (excludes halogenated alkanes) is 1. The largest absolute Gasteiger partial charge is 0.382 e. The predicted molar refractivity (Wildman–Crippen MR) is 76.0 cm³/mol. The third-order valence-corrected chi connectivity index (χ3v) is 4.40. The summed E-state index contributed by atoms with van der Waals surface area (Å²) in [5.41, 5.74) is 0. The highest BCUT2D eigenvalue weighted by Gasteiger charge is 2.37. The Kier molecular flexibility index (Phi) is 6.11. The van der Waals surface area contributed by atoms with Gasteiger partial charge in [0.2, 0.25) is 5.91 Å². The Hall–Kier alpha value is -0.610. The maximum atomic E-state index is 12.1. The zero-order chi connectivity index (χ0) is 13.5. The summed E-state index contributed by atoms with van der Waals surface area (Å²) in [6, 6.07) is 0.655. The Balaban J connectivity index is 1.59. The van der Waals surface area contributed by atoms with E-state index >= 15 is 0 Å². The van der Waals surface area contributed by atoms with Crippen molar-refractivity contribution in [1.29, 1.82) is 0 Å². The van der Waals surface area contributed by atoms with Gasteiger partial charge in [0, 0.05) is 25.8 Å². The fourth-order valence-electron chi connectivity index (χ4n) is 3.33. The molecule has 0 aromatic heterocycles. The minimum atomic E-state index is 0.0555. The van der Waals surface area contributed by atoms with E-state index in [1.807, 2.05) is 6.92 Å². The molecule has 3 atom stereocenters. The molecule has 1 aliphatic carbocycles. The molecule has 2 N–H and O–H groups in total. The Morgan fingerprint density at radius 1 is 1.32 bits per heavy atom. The highest BCUT2D eigenvalue weighted by Crippen LogP contribution is 2.33. The molecule has 4 heteroatoms. The van der Waals surface area contributed by atoms with E-state index in [4.69, 9.17) is 4.74 Å². The zero-order valence-electron chi connectivity index (χ0n) is 12.1. The minimum absolute atomic E-state index is 0.0555. The lowest BCUT2D eigenvalue weighted by Gasteiger charge is -2.24. The second-order valence-corrected chi connectivity index (χ2v) is 5.80. The third kappa shape index (κ3) is 4.46. The van der Waals surface area contributed by atoms with Crippen molar-refractivity contribution in [3.8, 4) is 0 Å². The molecule has 0 aromatic carbocycles. The lowest BCUT2D eigenvalue weighted by Crippen LogP contribution is -2.43. The van der Waals surface area contributed by atoms with Gasteiger partial charge >= 0.3 is 0 Å². The van der Waals surface area contributed by atoms with Crippen LogP contribution in [-0.2, 0) is 9.53 Å². The molecule has 0 bridgehead atoms. The molecule has 1 amide bonds. The summed E-state index contributed by atoms with van der Waals surface area (Å²) < 4.78 is 5.28. The van der Waals surface area contributed by atoms with Gasteiger partial charge in [-0.2, -0.15) is 0 Å². The van der Waals surface area contributed by atoms with Crippen LogP contribution in [-0.4, -0.2) is 37.7 Å². The summed E-state index contributed by atoms with van der Waals surface area (Å²) in [6.45, 7) is 4.37. The number of hydrogen-bond acceptors (Lipinski definition) is 3. The van der Waals surface area contributed by atoms with E-state index in [0.29, 0.717) is 6.04 Å². The van der Waals surface area contributed by atoms with Crippen LogP contribution in [0.1, 0.15) is 51.9 Å². The number of carbonyl (C=O) groups excluding carboxylic acids is 1. The Labute approximate surface area is 116 Å². The number of carbonyl (C=O) groups is 1. The van der Waals surface area contributed by atoms with Crippen molar-refractivity contribution in [1.82, 2.24) is 10.6 Å². The Bertz CT molecular complexity index is 269. The topological polar surface area (TPSA) is 50.4 Å². The second kappa shape index (κ2) is 7.85. The standard InChI is InChI=1S/C15H28N2O2/c1-2-19-10-6-5-9-16-15(18)14-11-12-7-3-4-8-13(12)17-14/h12-14,17H,2-11H2,1H3,(H,16,18). The highest BCUT2D eigenvalue weighted by atomic mass is 16.5. The molecule has 2 aliphatic rings. The number of rotatable bonds is 7.